The first-order valence-electron chi connectivity index (χ1n) is 8.79. The Morgan fingerprint density at radius 1 is 1.32 bits per heavy atom. The Bertz CT molecular complexity index is 743. The zero-order valence-corrected chi connectivity index (χ0v) is 15.6. The Morgan fingerprint density at radius 2 is 2.08 bits per heavy atom. The molecule has 1 aromatic rings. The van der Waals surface area contributed by atoms with Gasteiger partial charge in [-0.25, -0.2) is 8.42 Å². The number of benzene rings is 1. The van der Waals surface area contributed by atoms with Crippen LogP contribution in [0.5, 0.6) is 5.75 Å². The highest BCUT2D eigenvalue weighted by atomic mass is 32.2. The molecule has 0 spiro atoms. The fraction of sp³-hybridized carbons (Fsp3) is 0.611. The molecule has 0 aromatic heterocycles. The molecule has 0 bridgehead atoms. The van der Waals surface area contributed by atoms with Crippen molar-refractivity contribution >= 4 is 15.7 Å². The van der Waals surface area contributed by atoms with Crippen LogP contribution in [-0.4, -0.2) is 58.3 Å². The third kappa shape index (κ3) is 4.52. The van der Waals surface area contributed by atoms with Crippen molar-refractivity contribution in [2.45, 2.75) is 36.6 Å². The smallest absolute Gasteiger partial charge is 0.255 e. The highest BCUT2D eigenvalue weighted by Gasteiger charge is 2.31. The summed E-state index contributed by atoms with van der Waals surface area (Å²) in [5.74, 6) is 0.926. The molecular weight excluding hydrogens is 340 g/mol. The van der Waals surface area contributed by atoms with Crippen LogP contribution in [-0.2, 0) is 9.84 Å². The largest absolute Gasteiger partial charge is 0.496 e. The maximum absolute atomic E-state index is 12.6. The van der Waals surface area contributed by atoms with E-state index in [-0.39, 0.29) is 16.4 Å². The zero-order chi connectivity index (χ0) is 18.0. The Morgan fingerprint density at radius 3 is 2.72 bits per heavy atom. The molecule has 1 unspecified atom stereocenters. The Hall–Kier alpha value is -1.60. The lowest BCUT2D eigenvalue weighted by molar-refractivity contribution is 0.0937. The monoisotopic (exact) mass is 366 g/mol. The van der Waals surface area contributed by atoms with Gasteiger partial charge in [-0.05, 0) is 56.3 Å². The number of ether oxygens (including phenoxy) is 1. The summed E-state index contributed by atoms with van der Waals surface area (Å²) in [6.45, 7) is 2.81. The van der Waals surface area contributed by atoms with E-state index in [2.05, 4.69) is 10.2 Å². The molecule has 1 heterocycles. The summed E-state index contributed by atoms with van der Waals surface area (Å²) in [7, 11) is -1.90. The number of nitrogens with one attached hydrogen (secondary N) is 1. The second kappa shape index (κ2) is 7.33. The molecule has 3 rings (SSSR count). The van der Waals surface area contributed by atoms with Crippen molar-refractivity contribution in [3.05, 3.63) is 23.8 Å². The number of amides is 1. The Balaban J connectivity index is 1.67. The minimum Gasteiger partial charge on any atom is -0.496 e. The van der Waals surface area contributed by atoms with Crippen molar-refractivity contribution in [2.24, 2.45) is 5.92 Å². The SMILES string of the molecule is COc1ccc(S(C)(=O)=O)cc1C(=O)NCC1CCCN1CC1CC1. The topological polar surface area (TPSA) is 75.7 Å². The highest BCUT2D eigenvalue weighted by molar-refractivity contribution is 7.90. The third-order valence-corrected chi connectivity index (χ3v) is 6.14. The number of likely N-dealkylation sites (tertiary alicyclic amines) is 1. The number of rotatable bonds is 7. The van der Waals surface area contributed by atoms with E-state index < -0.39 is 9.84 Å². The van der Waals surface area contributed by atoms with Crippen molar-refractivity contribution in [1.82, 2.24) is 10.2 Å². The predicted octanol–water partition coefficient (Wildman–Crippen LogP) is 1.70. The average Bonchev–Trinajstić information content (AvgIpc) is 3.28. The molecule has 1 atom stereocenters. The molecule has 1 amide bonds. The van der Waals surface area contributed by atoms with E-state index in [1.54, 1.807) is 0 Å². The standard InChI is InChI=1S/C18H26N2O4S/c1-24-17-8-7-15(25(2,22)23)10-16(17)18(21)19-11-14-4-3-9-20(14)12-13-5-6-13/h7-8,10,13-14H,3-6,9,11-12H2,1-2H3,(H,19,21). The number of hydrogen-bond acceptors (Lipinski definition) is 5. The molecule has 1 N–H and O–H groups in total. The highest BCUT2D eigenvalue weighted by Crippen LogP contribution is 2.32. The molecule has 2 fully saturated rings. The van der Waals surface area contributed by atoms with Gasteiger partial charge in [0, 0.05) is 25.4 Å². The fourth-order valence-corrected chi connectivity index (χ4v) is 4.05. The summed E-state index contributed by atoms with van der Waals surface area (Å²) in [6.07, 6.45) is 6.04. The van der Waals surface area contributed by atoms with Gasteiger partial charge in [0.2, 0.25) is 0 Å². The van der Waals surface area contributed by atoms with Gasteiger partial charge in [-0.1, -0.05) is 0 Å². The minimum atomic E-state index is -3.37. The third-order valence-electron chi connectivity index (χ3n) is 5.03. The molecule has 138 valence electrons. The van der Waals surface area contributed by atoms with E-state index in [0.29, 0.717) is 18.3 Å². The van der Waals surface area contributed by atoms with Crippen LogP contribution < -0.4 is 10.1 Å². The average molecular weight is 366 g/mol. The fourth-order valence-electron chi connectivity index (χ4n) is 3.40. The number of nitrogens with zero attached hydrogens (tertiary/aromatic N) is 1. The number of methoxy groups -OCH3 is 1. The Kier molecular flexibility index (Phi) is 5.34. The van der Waals surface area contributed by atoms with Crippen molar-refractivity contribution in [3.8, 4) is 5.75 Å². The summed E-state index contributed by atoms with van der Waals surface area (Å²) >= 11 is 0. The number of hydrogen-bond donors (Lipinski definition) is 1. The van der Waals surface area contributed by atoms with Crippen molar-refractivity contribution in [3.63, 3.8) is 0 Å². The molecule has 1 saturated carbocycles. The van der Waals surface area contributed by atoms with E-state index in [9.17, 15) is 13.2 Å². The number of carbonyl (C=O) groups is 1. The number of carbonyl (C=O) groups excluding carboxylic acids is 1. The second-order valence-corrected chi connectivity index (χ2v) is 9.09. The van der Waals surface area contributed by atoms with Gasteiger partial charge in [-0.2, -0.15) is 0 Å². The zero-order valence-electron chi connectivity index (χ0n) is 14.8. The van der Waals surface area contributed by atoms with Gasteiger partial charge in [-0.3, -0.25) is 9.69 Å². The van der Waals surface area contributed by atoms with Crippen LogP contribution in [0.25, 0.3) is 0 Å². The van der Waals surface area contributed by atoms with Crippen LogP contribution in [0.15, 0.2) is 23.1 Å². The first-order chi connectivity index (χ1) is 11.9. The molecular formula is C18H26N2O4S. The van der Waals surface area contributed by atoms with Gasteiger partial charge in [0.25, 0.3) is 5.91 Å². The van der Waals surface area contributed by atoms with Gasteiger partial charge < -0.3 is 10.1 Å². The van der Waals surface area contributed by atoms with Crippen LogP contribution in [0.3, 0.4) is 0 Å². The molecule has 0 radical (unpaired) electrons. The van der Waals surface area contributed by atoms with Crippen LogP contribution in [0.1, 0.15) is 36.0 Å². The lowest BCUT2D eigenvalue weighted by Gasteiger charge is -2.24. The maximum atomic E-state index is 12.6. The summed E-state index contributed by atoms with van der Waals surface area (Å²) < 4.78 is 28.7. The molecule has 1 aliphatic carbocycles. The summed E-state index contributed by atoms with van der Waals surface area (Å²) in [6, 6.07) is 4.74. The molecule has 1 saturated heterocycles. The molecule has 1 aromatic carbocycles. The van der Waals surface area contributed by atoms with Crippen LogP contribution >= 0.6 is 0 Å². The van der Waals surface area contributed by atoms with Gasteiger partial charge >= 0.3 is 0 Å². The van der Waals surface area contributed by atoms with Crippen LogP contribution in [0.2, 0.25) is 0 Å². The van der Waals surface area contributed by atoms with Crippen molar-refractivity contribution < 1.29 is 17.9 Å². The van der Waals surface area contributed by atoms with Gasteiger partial charge in [0.05, 0.1) is 17.6 Å². The first kappa shape index (κ1) is 18.2. The molecule has 7 heteroatoms. The van der Waals surface area contributed by atoms with Gasteiger partial charge in [0.15, 0.2) is 9.84 Å². The molecule has 25 heavy (non-hydrogen) atoms. The maximum Gasteiger partial charge on any atom is 0.255 e. The van der Waals surface area contributed by atoms with E-state index >= 15 is 0 Å². The quantitative estimate of drug-likeness (QED) is 0.795. The molecule has 1 aliphatic heterocycles. The predicted molar refractivity (Wildman–Crippen MR) is 95.8 cm³/mol. The van der Waals surface area contributed by atoms with Gasteiger partial charge in [0.1, 0.15) is 5.75 Å². The van der Waals surface area contributed by atoms with E-state index in [4.69, 9.17) is 4.74 Å². The van der Waals surface area contributed by atoms with Crippen LogP contribution in [0, 0.1) is 5.92 Å². The molecule has 2 aliphatic rings. The van der Waals surface area contributed by atoms with Gasteiger partial charge in [-0.15, -0.1) is 0 Å². The minimum absolute atomic E-state index is 0.120. The summed E-state index contributed by atoms with van der Waals surface area (Å²) in [5.41, 5.74) is 0.261. The normalized spacial score (nSPS) is 21.3. The Labute approximate surface area is 149 Å². The van der Waals surface area contributed by atoms with Crippen molar-refractivity contribution in [1.29, 1.82) is 0 Å². The lowest BCUT2D eigenvalue weighted by Crippen LogP contribution is -2.41. The van der Waals surface area contributed by atoms with Crippen LogP contribution in [0.4, 0.5) is 0 Å². The lowest BCUT2D eigenvalue weighted by atomic mass is 10.1. The van der Waals surface area contributed by atoms with E-state index in [1.165, 1.54) is 44.6 Å². The van der Waals surface area contributed by atoms with Crippen molar-refractivity contribution in [2.75, 3.05) is 33.0 Å². The summed E-state index contributed by atoms with van der Waals surface area (Å²) in [4.78, 5) is 15.2. The van der Waals surface area contributed by atoms with E-state index in [1.807, 2.05) is 0 Å². The van der Waals surface area contributed by atoms with E-state index in [0.717, 1.165) is 31.7 Å². The summed E-state index contributed by atoms with van der Waals surface area (Å²) in [5, 5.41) is 2.96. The number of sulfone groups is 1. The first-order valence-corrected chi connectivity index (χ1v) is 10.7. The molecule has 6 nitrogen and oxygen atoms in total. The second-order valence-electron chi connectivity index (χ2n) is 7.08.